The second kappa shape index (κ2) is 6.86. The number of aromatic amines is 1. The maximum atomic E-state index is 12.7. The van der Waals surface area contributed by atoms with Crippen LogP contribution in [0.2, 0.25) is 0 Å². The number of aromatic hydroxyl groups is 2. The van der Waals surface area contributed by atoms with E-state index in [0.717, 1.165) is 23.1 Å². The maximum absolute atomic E-state index is 12.7. The lowest BCUT2D eigenvalue weighted by atomic mass is 9.90. The zero-order valence-corrected chi connectivity index (χ0v) is 18.0. The summed E-state index contributed by atoms with van der Waals surface area (Å²) in [6.07, 6.45) is 2.38. The van der Waals surface area contributed by atoms with Crippen LogP contribution in [0.3, 0.4) is 0 Å². The number of phenolic OH excluding ortho intramolecular Hbond substituents is 2. The van der Waals surface area contributed by atoms with Crippen LogP contribution in [-0.2, 0) is 5.41 Å². The van der Waals surface area contributed by atoms with Gasteiger partial charge in [0.15, 0.2) is 0 Å². The second-order valence-corrected chi connectivity index (χ2v) is 9.09. The molecule has 1 fully saturated rings. The molecule has 158 valence electrons. The lowest BCUT2D eigenvalue weighted by Crippen LogP contribution is -2.25. The lowest BCUT2D eigenvalue weighted by Gasteiger charge is -2.21. The predicted molar refractivity (Wildman–Crippen MR) is 125 cm³/mol. The Hall–Kier alpha value is -3.31. The van der Waals surface area contributed by atoms with Crippen LogP contribution in [-0.4, -0.2) is 40.7 Å². The Morgan fingerprint density at radius 2 is 1.71 bits per heavy atom. The first-order valence-corrected chi connectivity index (χ1v) is 10.6. The molecule has 5 rings (SSSR count). The van der Waals surface area contributed by atoms with Crippen LogP contribution in [0.5, 0.6) is 11.5 Å². The van der Waals surface area contributed by atoms with Crippen molar-refractivity contribution in [3.63, 3.8) is 0 Å². The average molecular weight is 415 g/mol. The summed E-state index contributed by atoms with van der Waals surface area (Å²) < 4.78 is 0. The molecule has 1 aliphatic carbocycles. The van der Waals surface area contributed by atoms with Crippen LogP contribution in [0.25, 0.3) is 32.8 Å². The molecule has 0 unspecified atom stereocenters. The summed E-state index contributed by atoms with van der Waals surface area (Å²) in [4.78, 5) is 17.8. The van der Waals surface area contributed by atoms with Crippen LogP contribution in [0, 0.1) is 6.92 Å². The van der Waals surface area contributed by atoms with Gasteiger partial charge in [-0.15, -0.1) is 0 Å². The minimum absolute atomic E-state index is 0.0673. The molecule has 0 aliphatic heterocycles. The number of pyridine rings is 1. The van der Waals surface area contributed by atoms with Gasteiger partial charge in [0.1, 0.15) is 11.5 Å². The van der Waals surface area contributed by atoms with Crippen LogP contribution in [0.4, 0.5) is 0 Å². The van der Waals surface area contributed by atoms with Gasteiger partial charge in [0, 0.05) is 28.3 Å². The summed E-state index contributed by atoms with van der Waals surface area (Å²) in [5.74, 6) is 0.0890. The van der Waals surface area contributed by atoms with E-state index < -0.39 is 0 Å². The van der Waals surface area contributed by atoms with Crippen LogP contribution in [0.1, 0.15) is 24.0 Å². The number of phenols is 2. The van der Waals surface area contributed by atoms with Gasteiger partial charge in [-0.2, -0.15) is 0 Å². The number of hydrogen-bond acceptors (Lipinski definition) is 4. The number of H-pyrrole nitrogens is 1. The van der Waals surface area contributed by atoms with Crippen molar-refractivity contribution in [3.8, 4) is 22.6 Å². The van der Waals surface area contributed by atoms with Gasteiger partial charge < -0.3 is 20.1 Å². The first-order valence-electron chi connectivity index (χ1n) is 10.6. The summed E-state index contributed by atoms with van der Waals surface area (Å²) >= 11 is 0. The molecule has 0 bridgehead atoms. The number of rotatable bonds is 4. The van der Waals surface area contributed by atoms with Crippen molar-refractivity contribution in [1.29, 1.82) is 0 Å². The highest BCUT2D eigenvalue weighted by molar-refractivity contribution is 6.15. The molecule has 3 aromatic carbocycles. The minimum atomic E-state index is -0.338. The molecule has 4 aromatic rings. The predicted octanol–water partition coefficient (Wildman–Crippen LogP) is 4.66. The number of likely N-dealkylation sites (N-methyl/N-ethyl adjacent to an activating group) is 1. The Balaban J connectivity index is 1.76. The Labute approximate surface area is 180 Å². The van der Waals surface area contributed by atoms with Crippen LogP contribution in [0.15, 0.2) is 53.3 Å². The monoisotopic (exact) mass is 414 g/mol. The standard InChI is InChI=1S/C26H26N2O3/c1-15-13-20(30)21(16-7-9-17(10-8-16)26(11-12-26)14-28(2)3)23-18-5-4-6-19(29)22(18)25(31)27-24(15)23/h4-10,13,29-30H,11-12,14H2,1-3H3,(H,27,31). The van der Waals surface area contributed by atoms with E-state index in [9.17, 15) is 15.0 Å². The van der Waals surface area contributed by atoms with E-state index in [1.807, 2.05) is 13.0 Å². The average Bonchev–Trinajstić information content (AvgIpc) is 3.49. The van der Waals surface area contributed by atoms with Crippen molar-refractivity contribution in [1.82, 2.24) is 9.88 Å². The van der Waals surface area contributed by atoms with Crippen molar-refractivity contribution < 1.29 is 10.2 Å². The van der Waals surface area contributed by atoms with Crippen LogP contribution >= 0.6 is 0 Å². The Morgan fingerprint density at radius 3 is 2.35 bits per heavy atom. The van der Waals surface area contributed by atoms with Gasteiger partial charge in [-0.25, -0.2) is 0 Å². The number of fused-ring (bicyclic) bond motifs is 3. The Morgan fingerprint density at radius 1 is 1.00 bits per heavy atom. The van der Waals surface area contributed by atoms with E-state index in [4.69, 9.17) is 0 Å². The fraction of sp³-hybridized carbons (Fsp3) is 0.269. The third-order valence-corrected chi connectivity index (χ3v) is 6.54. The molecular formula is C26H26N2O3. The quantitative estimate of drug-likeness (QED) is 0.425. The summed E-state index contributed by atoms with van der Waals surface area (Å²) in [5, 5.41) is 22.9. The fourth-order valence-corrected chi connectivity index (χ4v) is 4.97. The van der Waals surface area contributed by atoms with Crippen molar-refractivity contribution >= 4 is 21.7 Å². The molecule has 1 aromatic heterocycles. The molecule has 5 nitrogen and oxygen atoms in total. The van der Waals surface area contributed by atoms with Gasteiger partial charge in [0.25, 0.3) is 5.56 Å². The number of benzene rings is 3. The molecule has 1 heterocycles. The van der Waals surface area contributed by atoms with Crippen molar-refractivity contribution in [2.75, 3.05) is 20.6 Å². The first-order chi connectivity index (χ1) is 14.8. The maximum Gasteiger partial charge on any atom is 0.260 e. The summed E-state index contributed by atoms with van der Waals surface area (Å²) in [7, 11) is 4.21. The van der Waals surface area contributed by atoms with E-state index in [1.54, 1.807) is 12.1 Å². The van der Waals surface area contributed by atoms with E-state index in [1.165, 1.54) is 24.5 Å². The first kappa shape index (κ1) is 19.6. The van der Waals surface area contributed by atoms with Gasteiger partial charge in [0.2, 0.25) is 0 Å². The van der Waals surface area contributed by atoms with Crippen molar-refractivity contribution in [3.05, 3.63) is 70.0 Å². The summed E-state index contributed by atoms with van der Waals surface area (Å²) in [6, 6.07) is 15.1. The van der Waals surface area contributed by atoms with Gasteiger partial charge >= 0.3 is 0 Å². The Bertz CT molecular complexity index is 1380. The number of nitrogens with zero attached hydrogens (tertiary/aromatic N) is 1. The third kappa shape index (κ3) is 3.08. The number of aryl methyl sites for hydroxylation is 1. The second-order valence-electron chi connectivity index (χ2n) is 9.09. The highest BCUT2D eigenvalue weighted by Gasteiger charge is 2.44. The van der Waals surface area contributed by atoms with E-state index in [-0.39, 0.29) is 27.9 Å². The lowest BCUT2D eigenvalue weighted by molar-refractivity contribution is 0.362. The minimum Gasteiger partial charge on any atom is -0.507 e. The molecule has 1 saturated carbocycles. The Kier molecular flexibility index (Phi) is 4.34. The van der Waals surface area contributed by atoms with Gasteiger partial charge in [-0.05, 0) is 62.7 Å². The molecule has 31 heavy (non-hydrogen) atoms. The molecule has 0 spiro atoms. The zero-order chi connectivity index (χ0) is 21.9. The molecule has 0 saturated heterocycles. The largest absolute Gasteiger partial charge is 0.507 e. The number of aromatic nitrogens is 1. The summed E-state index contributed by atoms with van der Waals surface area (Å²) in [6.45, 7) is 2.88. The number of nitrogens with one attached hydrogen (secondary N) is 1. The highest BCUT2D eigenvalue weighted by atomic mass is 16.3. The molecular weight excluding hydrogens is 388 g/mol. The van der Waals surface area contributed by atoms with E-state index in [2.05, 4.69) is 48.2 Å². The third-order valence-electron chi connectivity index (χ3n) is 6.54. The molecule has 3 N–H and O–H groups in total. The molecule has 5 heteroatoms. The summed E-state index contributed by atoms with van der Waals surface area (Å²) in [5.41, 5.74) is 4.19. The van der Waals surface area contributed by atoms with Gasteiger partial charge in [-0.3, -0.25) is 4.79 Å². The van der Waals surface area contributed by atoms with Crippen molar-refractivity contribution in [2.45, 2.75) is 25.2 Å². The molecule has 0 atom stereocenters. The smallest absolute Gasteiger partial charge is 0.260 e. The zero-order valence-electron chi connectivity index (χ0n) is 18.0. The molecule has 1 aliphatic rings. The van der Waals surface area contributed by atoms with E-state index in [0.29, 0.717) is 16.5 Å². The van der Waals surface area contributed by atoms with Gasteiger partial charge in [0.05, 0.1) is 10.9 Å². The SMILES string of the molecule is Cc1cc(O)c(-c2ccc(C3(CN(C)C)CC3)cc2)c2c1[nH]c(=O)c1c(O)cccc12. The van der Waals surface area contributed by atoms with E-state index >= 15 is 0 Å². The van der Waals surface area contributed by atoms with Gasteiger partial charge in [-0.1, -0.05) is 36.4 Å². The van der Waals surface area contributed by atoms with Crippen LogP contribution < -0.4 is 5.56 Å². The molecule has 0 radical (unpaired) electrons. The normalized spacial score (nSPS) is 15.1. The number of hydrogen-bond donors (Lipinski definition) is 3. The topological polar surface area (TPSA) is 76.6 Å². The fourth-order valence-electron chi connectivity index (χ4n) is 4.97. The van der Waals surface area contributed by atoms with Crippen molar-refractivity contribution in [2.24, 2.45) is 0 Å². The molecule has 0 amide bonds. The highest BCUT2D eigenvalue weighted by Crippen LogP contribution is 2.49.